The molecular formula is C15H13F2NO3S. The average Bonchev–Trinajstić information content (AvgIpc) is 3.00. The number of benzene rings is 1. The molecule has 2 aromatic rings. The van der Waals surface area contributed by atoms with Gasteiger partial charge in [0.05, 0.1) is 19.6 Å². The highest BCUT2D eigenvalue weighted by Crippen LogP contribution is 2.23. The van der Waals surface area contributed by atoms with Crippen molar-refractivity contribution in [3.05, 3.63) is 57.8 Å². The molecular weight excluding hydrogens is 312 g/mol. The van der Waals surface area contributed by atoms with E-state index >= 15 is 0 Å². The van der Waals surface area contributed by atoms with Crippen LogP contribution in [0.5, 0.6) is 0 Å². The number of ether oxygens (including phenoxy) is 1. The van der Waals surface area contributed by atoms with Crippen LogP contribution in [0.25, 0.3) is 0 Å². The summed E-state index contributed by atoms with van der Waals surface area (Å²) in [6, 6.07) is 5.93. The first-order valence-electron chi connectivity index (χ1n) is 6.38. The maximum absolute atomic E-state index is 13.6. The summed E-state index contributed by atoms with van der Waals surface area (Å²) in [5.74, 6) is -3.37. The molecule has 0 saturated heterocycles. The van der Waals surface area contributed by atoms with Crippen molar-refractivity contribution < 1.29 is 23.1 Å². The van der Waals surface area contributed by atoms with Gasteiger partial charge in [-0.1, -0.05) is 12.1 Å². The number of thiophene rings is 1. The molecule has 1 aromatic carbocycles. The van der Waals surface area contributed by atoms with E-state index in [-0.39, 0.29) is 6.42 Å². The summed E-state index contributed by atoms with van der Waals surface area (Å²) >= 11 is 1.32. The van der Waals surface area contributed by atoms with E-state index in [2.05, 4.69) is 10.1 Å². The summed E-state index contributed by atoms with van der Waals surface area (Å²) in [6.07, 6.45) is -0.126. The first kappa shape index (κ1) is 16.1. The van der Waals surface area contributed by atoms with Gasteiger partial charge in [0.1, 0.15) is 17.2 Å². The normalized spacial score (nSPS) is 11.8. The molecule has 0 spiro atoms. The van der Waals surface area contributed by atoms with Crippen LogP contribution in [0, 0.1) is 11.6 Å². The molecule has 1 unspecified atom stereocenters. The first-order chi connectivity index (χ1) is 10.5. The number of esters is 1. The summed E-state index contributed by atoms with van der Waals surface area (Å²) in [7, 11) is 1.23. The number of hydrogen-bond donors (Lipinski definition) is 1. The van der Waals surface area contributed by atoms with Crippen molar-refractivity contribution in [3.8, 4) is 0 Å². The molecule has 0 aliphatic rings. The molecule has 1 N–H and O–H groups in total. The molecule has 4 nitrogen and oxygen atoms in total. The van der Waals surface area contributed by atoms with Crippen molar-refractivity contribution in [1.82, 2.24) is 5.32 Å². The van der Waals surface area contributed by atoms with E-state index in [0.29, 0.717) is 4.88 Å². The Morgan fingerprint density at radius 2 is 1.91 bits per heavy atom. The number of halogens is 2. The van der Waals surface area contributed by atoms with Gasteiger partial charge >= 0.3 is 5.97 Å². The van der Waals surface area contributed by atoms with Crippen molar-refractivity contribution in [1.29, 1.82) is 0 Å². The van der Waals surface area contributed by atoms with Crippen LogP contribution in [0.2, 0.25) is 0 Å². The van der Waals surface area contributed by atoms with Crippen molar-refractivity contribution >= 4 is 23.2 Å². The smallest absolute Gasteiger partial charge is 0.307 e. The average molecular weight is 325 g/mol. The highest BCUT2D eigenvalue weighted by molar-refractivity contribution is 7.10. The fraction of sp³-hybridized carbons (Fsp3) is 0.200. The zero-order chi connectivity index (χ0) is 16.1. The maximum Gasteiger partial charge on any atom is 0.307 e. The molecule has 22 heavy (non-hydrogen) atoms. The van der Waals surface area contributed by atoms with Crippen molar-refractivity contribution in [2.45, 2.75) is 12.5 Å². The lowest BCUT2D eigenvalue weighted by molar-refractivity contribution is -0.141. The van der Waals surface area contributed by atoms with Crippen LogP contribution in [0.3, 0.4) is 0 Å². The quantitative estimate of drug-likeness (QED) is 0.860. The van der Waals surface area contributed by atoms with Gasteiger partial charge in [0, 0.05) is 4.88 Å². The predicted octanol–water partition coefficient (Wildman–Crippen LogP) is 3.06. The fourth-order valence-corrected chi connectivity index (χ4v) is 2.69. The van der Waals surface area contributed by atoms with E-state index in [1.165, 1.54) is 24.5 Å². The third-order valence-electron chi connectivity index (χ3n) is 2.98. The van der Waals surface area contributed by atoms with Gasteiger partial charge in [-0.3, -0.25) is 9.59 Å². The molecule has 0 aliphatic heterocycles. The summed E-state index contributed by atoms with van der Waals surface area (Å²) in [5, 5.41) is 4.25. The molecule has 0 radical (unpaired) electrons. The summed E-state index contributed by atoms with van der Waals surface area (Å²) in [5.41, 5.74) is -0.672. The van der Waals surface area contributed by atoms with Gasteiger partial charge < -0.3 is 10.1 Å². The molecule has 1 atom stereocenters. The fourth-order valence-electron chi connectivity index (χ4n) is 1.91. The zero-order valence-electron chi connectivity index (χ0n) is 11.6. The topological polar surface area (TPSA) is 55.4 Å². The Labute approximate surface area is 129 Å². The number of rotatable bonds is 5. The van der Waals surface area contributed by atoms with Gasteiger partial charge in [0.2, 0.25) is 0 Å². The standard InChI is InChI=1S/C15H13F2NO3S/c1-21-13(19)8-11(12-6-3-7-22-12)18-15(20)14-9(16)4-2-5-10(14)17/h2-7,11H,8H2,1H3,(H,18,20). The van der Waals surface area contributed by atoms with Crippen LogP contribution in [0.15, 0.2) is 35.7 Å². The van der Waals surface area contributed by atoms with Crippen LogP contribution in [-0.2, 0) is 9.53 Å². The van der Waals surface area contributed by atoms with Gasteiger partial charge in [-0.05, 0) is 23.6 Å². The minimum absolute atomic E-state index is 0.126. The highest BCUT2D eigenvalue weighted by Gasteiger charge is 2.24. The minimum Gasteiger partial charge on any atom is -0.469 e. The van der Waals surface area contributed by atoms with Crippen LogP contribution < -0.4 is 5.32 Å². The minimum atomic E-state index is -0.958. The Morgan fingerprint density at radius 1 is 1.23 bits per heavy atom. The second-order valence-corrected chi connectivity index (χ2v) is 5.40. The SMILES string of the molecule is COC(=O)CC(NC(=O)c1c(F)cccc1F)c1cccs1. The zero-order valence-corrected chi connectivity index (χ0v) is 12.5. The third-order valence-corrected chi connectivity index (χ3v) is 3.97. The third kappa shape index (κ3) is 3.67. The first-order valence-corrected chi connectivity index (χ1v) is 7.26. The Balaban J connectivity index is 2.23. The maximum atomic E-state index is 13.6. The Morgan fingerprint density at radius 3 is 2.45 bits per heavy atom. The number of nitrogens with one attached hydrogen (secondary N) is 1. The lowest BCUT2D eigenvalue weighted by Crippen LogP contribution is -2.31. The number of amides is 1. The van der Waals surface area contributed by atoms with E-state index in [1.54, 1.807) is 17.5 Å². The molecule has 0 saturated carbocycles. The molecule has 2 rings (SSSR count). The number of carbonyl (C=O) groups excluding carboxylic acids is 2. The van der Waals surface area contributed by atoms with Crippen molar-refractivity contribution in [2.75, 3.05) is 7.11 Å². The molecule has 0 aliphatic carbocycles. The van der Waals surface area contributed by atoms with Gasteiger partial charge in [0.15, 0.2) is 0 Å². The van der Waals surface area contributed by atoms with Gasteiger partial charge in [-0.2, -0.15) is 0 Å². The predicted molar refractivity (Wildman–Crippen MR) is 77.5 cm³/mol. The second kappa shape index (κ2) is 7.13. The van der Waals surface area contributed by atoms with E-state index in [9.17, 15) is 18.4 Å². The van der Waals surface area contributed by atoms with Crippen LogP contribution in [0.1, 0.15) is 27.7 Å². The molecule has 7 heteroatoms. The van der Waals surface area contributed by atoms with Crippen LogP contribution in [0.4, 0.5) is 8.78 Å². The Kier molecular flexibility index (Phi) is 5.21. The van der Waals surface area contributed by atoms with E-state index in [1.807, 2.05) is 0 Å². The highest BCUT2D eigenvalue weighted by atomic mass is 32.1. The molecule has 1 amide bonds. The van der Waals surface area contributed by atoms with Crippen molar-refractivity contribution in [3.63, 3.8) is 0 Å². The summed E-state index contributed by atoms with van der Waals surface area (Å²) < 4.78 is 31.8. The number of hydrogen-bond acceptors (Lipinski definition) is 4. The van der Waals surface area contributed by atoms with Gasteiger partial charge in [-0.25, -0.2) is 8.78 Å². The number of methoxy groups -OCH3 is 1. The van der Waals surface area contributed by atoms with E-state index in [0.717, 1.165) is 12.1 Å². The second-order valence-electron chi connectivity index (χ2n) is 4.42. The van der Waals surface area contributed by atoms with E-state index < -0.39 is 35.1 Å². The van der Waals surface area contributed by atoms with Crippen LogP contribution in [-0.4, -0.2) is 19.0 Å². The molecule has 0 fully saturated rings. The van der Waals surface area contributed by atoms with E-state index in [4.69, 9.17) is 0 Å². The number of carbonyl (C=O) groups is 2. The largest absolute Gasteiger partial charge is 0.469 e. The summed E-state index contributed by atoms with van der Waals surface area (Å²) in [4.78, 5) is 24.3. The lowest BCUT2D eigenvalue weighted by Gasteiger charge is -2.17. The monoisotopic (exact) mass is 325 g/mol. The lowest BCUT2D eigenvalue weighted by atomic mass is 10.1. The van der Waals surface area contributed by atoms with Gasteiger partial charge in [0.25, 0.3) is 5.91 Å². The van der Waals surface area contributed by atoms with Gasteiger partial charge in [-0.15, -0.1) is 11.3 Å². The molecule has 1 aromatic heterocycles. The Bertz CT molecular complexity index is 653. The molecule has 0 bridgehead atoms. The molecule has 116 valence electrons. The van der Waals surface area contributed by atoms with Crippen LogP contribution >= 0.6 is 11.3 Å². The molecule has 1 heterocycles. The Hall–Kier alpha value is -2.28. The summed E-state index contributed by atoms with van der Waals surface area (Å²) in [6.45, 7) is 0. The van der Waals surface area contributed by atoms with Crippen molar-refractivity contribution in [2.24, 2.45) is 0 Å².